The number of nitrogens with zero attached hydrogens (tertiary/aromatic N) is 5. The van der Waals surface area contributed by atoms with Crippen LogP contribution >= 0.6 is 0 Å². The Bertz CT molecular complexity index is 1440. The van der Waals surface area contributed by atoms with Crippen LogP contribution in [0, 0.1) is 11.7 Å². The normalized spacial score (nSPS) is 15.8. The van der Waals surface area contributed by atoms with Crippen molar-refractivity contribution in [2.75, 3.05) is 44.0 Å². The molecule has 16 nitrogen and oxygen atoms in total. The van der Waals surface area contributed by atoms with Crippen molar-refractivity contribution in [3.63, 3.8) is 0 Å². The molecule has 6 N–H and O–H groups in total. The highest BCUT2D eigenvalue weighted by Gasteiger charge is 2.31. The summed E-state index contributed by atoms with van der Waals surface area (Å²) in [5.74, 6) is -2.08. The lowest BCUT2D eigenvalue weighted by Crippen LogP contribution is -2.48. The van der Waals surface area contributed by atoms with Gasteiger partial charge in [0.25, 0.3) is 11.8 Å². The number of hydrogen-bond donors (Lipinski definition) is 6. The molecule has 218 valence electrons. The standard InChI is InChI=1S/C24H27FN8O8/c1-39-20-14(23-28-18(32-41-23)11-33-4-6-40-7-5-33)8-13(25)9-16(20)26-15-10-17(27-21(34)12-2-3-12)30-31-19(15)22(35)29-24(36,37)38/h8-10,12,36-38H,2-7,11H2,1H3,(H,29,35)(H2,26,27,30,34). The molecule has 1 saturated carbocycles. The largest absolute Gasteiger partial charge is 0.494 e. The Morgan fingerprint density at radius 2 is 1.90 bits per heavy atom. The molecule has 0 unspecified atom stereocenters. The van der Waals surface area contributed by atoms with Gasteiger partial charge in [-0.1, -0.05) is 5.16 Å². The summed E-state index contributed by atoms with van der Waals surface area (Å²) in [5, 5.41) is 46.0. The SMILES string of the molecule is COc1c(Nc2cc(NC(=O)C3CC3)nnc2C(=O)NC(O)(O)O)cc(F)cc1-c1nc(CN2CCOCC2)no1. The van der Waals surface area contributed by atoms with E-state index < -0.39 is 23.5 Å². The van der Waals surface area contributed by atoms with Crippen LogP contribution in [-0.4, -0.2) is 91.9 Å². The minimum absolute atomic E-state index is 0.0137. The van der Waals surface area contributed by atoms with Crippen molar-refractivity contribution in [1.29, 1.82) is 0 Å². The Kier molecular flexibility index (Phi) is 8.04. The number of rotatable bonds is 10. The fourth-order valence-corrected chi connectivity index (χ4v) is 4.10. The molecule has 0 bridgehead atoms. The predicted molar refractivity (Wildman–Crippen MR) is 136 cm³/mol. The van der Waals surface area contributed by atoms with Crippen molar-refractivity contribution in [3.05, 3.63) is 35.5 Å². The number of morpholine rings is 1. The Balaban J connectivity index is 1.47. The first-order valence-corrected chi connectivity index (χ1v) is 12.6. The third-order valence-electron chi connectivity index (χ3n) is 6.18. The van der Waals surface area contributed by atoms with Crippen LogP contribution in [-0.2, 0) is 16.1 Å². The zero-order valence-corrected chi connectivity index (χ0v) is 21.8. The molecule has 0 spiro atoms. The average molecular weight is 575 g/mol. The van der Waals surface area contributed by atoms with Gasteiger partial charge in [-0.2, -0.15) is 4.98 Å². The second kappa shape index (κ2) is 11.7. The molecular formula is C24H27FN8O8. The number of carbonyl (C=O) groups excluding carboxylic acids is 2. The highest BCUT2D eigenvalue weighted by atomic mass is 19.1. The van der Waals surface area contributed by atoms with Gasteiger partial charge in [-0.25, -0.2) is 4.39 Å². The molecule has 2 fully saturated rings. The molecule has 17 heteroatoms. The number of nitrogens with one attached hydrogen (secondary N) is 3. The second-order valence-electron chi connectivity index (χ2n) is 9.41. The highest BCUT2D eigenvalue weighted by Crippen LogP contribution is 2.39. The summed E-state index contributed by atoms with van der Waals surface area (Å²) in [5.41, 5.74) is -0.595. The smallest absolute Gasteiger partial charge is 0.369 e. The summed E-state index contributed by atoms with van der Waals surface area (Å²) in [6, 6.07) is 3.42. The summed E-state index contributed by atoms with van der Waals surface area (Å²) in [4.78, 5) is 31.3. The van der Waals surface area contributed by atoms with Crippen LogP contribution in [0.4, 0.5) is 21.6 Å². The number of ether oxygens (including phenoxy) is 2. The third-order valence-corrected chi connectivity index (χ3v) is 6.18. The fraction of sp³-hybridized carbons (Fsp3) is 0.417. The van der Waals surface area contributed by atoms with Crippen LogP contribution in [0.25, 0.3) is 11.5 Å². The van der Waals surface area contributed by atoms with Crippen LogP contribution in [0.5, 0.6) is 5.75 Å². The molecule has 2 amide bonds. The number of carbonyl (C=O) groups is 2. The number of amides is 2. The molecule has 2 aromatic heterocycles. The zero-order chi connectivity index (χ0) is 29.1. The molecule has 2 aliphatic rings. The molecule has 1 aliphatic carbocycles. The van der Waals surface area contributed by atoms with E-state index in [-0.39, 0.29) is 46.2 Å². The molecule has 3 aromatic rings. The van der Waals surface area contributed by atoms with Gasteiger partial charge in [0, 0.05) is 31.1 Å². The maximum atomic E-state index is 14.9. The van der Waals surface area contributed by atoms with Gasteiger partial charge in [0.05, 0.1) is 43.8 Å². The van der Waals surface area contributed by atoms with Crippen LogP contribution < -0.4 is 20.7 Å². The number of anilines is 3. The van der Waals surface area contributed by atoms with Crippen molar-refractivity contribution >= 4 is 29.0 Å². The topological polar surface area (TPSA) is 217 Å². The summed E-state index contributed by atoms with van der Waals surface area (Å²) in [6.07, 6.45) is -2.11. The Morgan fingerprint density at radius 3 is 2.59 bits per heavy atom. The molecule has 3 heterocycles. The lowest BCUT2D eigenvalue weighted by atomic mass is 10.1. The molecule has 1 aliphatic heterocycles. The first-order chi connectivity index (χ1) is 19.6. The quantitative estimate of drug-likeness (QED) is 0.175. The number of aromatic nitrogens is 4. The maximum absolute atomic E-state index is 14.9. The van der Waals surface area contributed by atoms with Gasteiger partial charge in [0.1, 0.15) is 5.82 Å². The van der Waals surface area contributed by atoms with Gasteiger partial charge in [-0.05, 0) is 18.9 Å². The first-order valence-electron chi connectivity index (χ1n) is 12.6. The van der Waals surface area contributed by atoms with Crippen molar-refractivity contribution < 1.29 is 43.3 Å². The molecule has 5 rings (SSSR count). The van der Waals surface area contributed by atoms with Crippen molar-refractivity contribution in [2.24, 2.45) is 5.92 Å². The van der Waals surface area contributed by atoms with Crippen LogP contribution in [0.15, 0.2) is 22.7 Å². The minimum Gasteiger partial charge on any atom is -0.494 e. The summed E-state index contributed by atoms with van der Waals surface area (Å²) in [7, 11) is 1.32. The van der Waals surface area contributed by atoms with E-state index >= 15 is 0 Å². The monoisotopic (exact) mass is 574 g/mol. The number of aliphatic hydroxyl groups is 3. The van der Waals surface area contributed by atoms with Gasteiger partial charge in [-0.15, -0.1) is 10.2 Å². The highest BCUT2D eigenvalue weighted by molar-refractivity contribution is 6.00. The minimum atomic E-state index is -3.56. The molecular weight excluding hydrogens is 547 g/mol. The van der Waals surface area contributed by atoms with E-state index in [2.05, 4.69) is 35.9 Å². The molecule has 41 heavy (non-hydrogen) atoms. The van der Waals surface area contributed by atoms with Crippen LogP contribution in [0.2, 0.25) is 0 Å². The summed E-state index contributed by atoms with van der Waals surface area (Å²) in [6.45, 7) is 2.97. The fourth-order valence-electron chi connectivity index (χ4n) is 4.10. The van der Waals surface area contributed by atoms with Crippen molar-refractivity contribution in [3.8, 4) is 17.2 Å². The number of halogens is 1. The van der Waals surface area contributed by atoms with Crippen LogP contribution in [0.1, 0.15) is 29.2 Å². The lowest BCUT2D eigenvalue weighted by Gasteiger charge is -2.24. The molecule has 1 aromatic carbocycles. The maximum Gasteiger partial charge on any atom is 0.369 e. The van der Waals surface area contributed by atoms with Gasteiger partial charge in [-0.3, -0.25) is 19.8 Å². The predicted octanol–water partition coefficient (Wildman–Crippen LogP) is -0.0834. The third kappa shape index (κ3) is 7.08. The van der Waals surface area contributed by atoms with E-state index in [9.17, 15) is 29.3 Å². The first kappa shape index (κ1) is 28.2. The van der Waals surface area contributed by atoms with E-state index in [0.717, 1.165) is 25.0 Å². The molecule has 0 radical (unpaired) electrons. The van der Waals surface area contributed by atoms with Gasteiger partial charge in [0.2, 0.25) is 5.91 Å². The van der Waals surface area contributed by atoms with E-state index in [0.29, 0.717) is 38.7 Å². The van der Waals surface area contributed by atoms with E-state index in [1.54, 1.807) is 0 Å². The Hall–Kier alpha value is -4.29. The number of hydrogen-bond acceptors (Lipinski definition) is 14. The summed E-state index contributed by atoms with van der Waals surface area (Å²) < 4.78 is 31.1. The van der Waals surface area contributed by atoms with E-state index in [4.69, 9.17) is 14.0 Å². The van der Waals surface area contributed by atoms with Gasteiger partial charge in [0.15, 0.2) is 23.1 Å². The van der Waals surface area contributed by atoms with E-state index in [1.807, 2.05) is 0 Å². The lowest BCUT2D eigenvalue weighted by molar-refractivity contribution is -0.323. The second-order valence-corrected chi connectivity index (χ2v) is 9.41. The average Bonchev–Trinajstić information content (AvgIpc) is 3.67. The van der Waals surface area contributed by atoms with Gasteiger partial charge >= 0.3 is 6.10 Å². The summed E-state index contributed by atoms with van der Waals surface area (Å²) >= 11 is 0. The van der Waals surface area contributed by atoms with E-state index in [1.165, 1.54) is 18.5 Å². The van der Waals surface area contributed by atoms with Crippen molar-refractivity contribution in [2.45, 2.75) is 25.5 Å². The van der Waals surface area contributed by atoms with Crippen LogP contribution in [0.3, 0.4) is 0 Å². The Labute approximate surface area is 231 Å². The Morgan fingerprint density at radius 1 is 1.15 bits per heavy atom. The van der Waals surface area contributed by atoms with Crippen molar-refractivity contribution in [1.82, 2.24) is 30.6 Å². The van der Waals surface area contributed by atoms with Gasteiger partial charge < -0.3 is 39.9 Å². The molecule has 1 saturated heterocycles. The molecule has 0 atom stereocenters. The zero-order valence-electron chi connectivity index (χ0n) is 21.8. The number of methoxy groups -OCH3 is 1. The number of benzene rings is 1.